The summed E-state index contributed by atoms with van der Waals surface area (Å²) in [6, 6.07) is 1.88. The molecule has 52 valence electrons. The van der Waals surface area contributed by atoms with Crippen molar-refractivity contribution in [3.05, 3.63) is 0 Å². The Morgan fingerprint density at radius 2 is 2.11 bits per heavy atom. The van der Waals surface area contributed by atoms with Crippen molar-refractivity contribution >= 4 is 0 Å². The summed E-state index contributed by atoms with van der Waals surface area (Å²) in [5, 5.41) is 17.7. The second-order valence-corrected chi connectivity index (χ2v) is 2.25. The molecule has 9 heavy (non-hydrogen) atoms. The van der Waals surface area contributed by atoms with E-state index in [0.29, 0.717) is 12.8 Å². The first-order chi connectivity index (χ1) is 4.18. The summed E-state index contributed by atoms with van der Waals surface area (Å²) in [4.78, 5) is 0. The Morgan fingerprint density at radius 3 is 2.22 bits per heavy atom. The molecule has 2 nitrogen and oxygen atoms in total. The van der Waals surface area contributed by atoms with Crippen LogP contribution in [0.1, 0.15) is 33.1 Å². The minimum Gasteiger partial charge on any atom is -0.375 e. The standard InChI is InChI=1S/C7H13NO/c1-3-5-7(9,4-2)6-8/h9H,3-5H2,1-2H3. The van der Waals surface area contributed by atoms with E-state index in [0.717, 1.165) is 6.42 Å². The van der Waals surface area contributed by atoms with Gasteiger partial charge in [-0.2, -0.15) is 5.26 Å². The van der Waals surface area contributed by atoms with E-state index in [4.69, 9.17) is 5.26 Å². The first-order valence-corrected chi connectivity index (χ1v) is 3.32. The highest BCUT2D eigenvalue weighted by Crippen LogP contribution is 2.14. The fraction of sp³-hybridized carbons (Fsp3) is 0.857. The summed E-state index contributed by atoms with van der Waals surface area (Å²) in [6.07, 6.45) is 1.97. The molecule has 0 radical (unpaired) electrons. The Balaban J connectivity index is 3.81. The number of nitrogens with zero attached hydrogens (tertiary/aromatic N) is 1. The number of nitriles is 1. The quantitative estimate of drug-likeness (QED) is 0.583. The number of rotatable bonds is 3. The van der Waals surface area contributed by atoms with Crippen molar-refractivity contribution in [1.29, 1.82) is 5.26 Å². The van der Waals surface area contributed by atoms with Gasteiger partial charge in [-0.05, 0) is 12.8 Å². The summed E-state index contributed by atoms with van der Waals surface area (Å²) in [7, 11) is 0. The second kappa shape index (κ2) is 3.47. The van der Waals surface area contributed by atoms with Crippen molar-refractivity contribution in [1.82, 2.24) is 0 Å². The van der Waals surface area contributed by atoms with Crippen LogP contribution in [0.2, 0.25) is 0 Å². The Hall–Kier alpha value is -0.550. The summed E-state index contributed by atoms with van der Waals surface area (Å²) >= 11 is 0. The first kappa shape index (κ1) is 8.45. The van der Waals surface area contributed by atoms with E-state index in [1.54, 1.807) is 0 Å². The van der Waals surface area contributed by atoms with Crippen molar-refractivity contribution < 1.29 is 5.11 Å². The fourth-order valence-electron chi connectivity index (χ4n) is 0.725. The van der Waals surface area contributed by atoms with Crippen molar-refractivity contribution in [2.45, 2.75) is 38.7 Å². The molecule has 0 bridgehead atoms. The van der Waals surface area contributed by atoms with Gasteiger partial charge in [0.2, 0.25) is 0 Å². The van der Waals surface area contributed by atoms with Gasteiger partial charge < -0.3 is 5.11 Å². The van der Waals surface area contributed by atoms with Gasteiger partial charge >= 0.3 is 0 Å². The van der Waals surface area contributed by atoms with E-state index in [1.165, 1.54) is 0 Å². The molecule has 0 heterocycles. The molecule has 0 saturated carbocycles. The predicted octanol–water partition coefficient (Wildman–Crippen LogP) is 1.45. The SMILES string of the molecule is CCCC(O)(C#N)CC. The molecule has 0 aromatic heterocycles. The van der Waals surface area contributed by atoms with E-state index in [2.05, 4.69) is 0 Å². The molecule has 0 spiro atoms. The maximum Gasteiger partial charge on any atom is 0.150 e. The zero-order valence-corrected chi connectivity index (χ0v) is 6.02. The monoisotopic (exact) mass is 127 g/mol. The largest absolute Gasteiger partial charge is 0.375 e. The van der Waals surface area contributed by atoms with Gasteiger partial charge in [-0.1, -0.05) is 20.3 Å². The minimum absolute atomic E-state index is 0.525. The van der Waals surface area contributed by atoms with Crippen LogP contribution in [0.3, 0.4) is 0 Å². The Kier molecular flexibility index (Phi) is 3.26. The fourth-order valence-corrected chi connectivity index (χ4v) is 0.725. The first-order valence-electron chi connectivity index (χ1n) is 3.32. The molecule has 0 amide bonds. The van der Waals surface area contributed by atoms with Gasteiger partial charge in [-0.25, -0.2) is 0 Å². The van der Waals surface area contributed by atoms with Gasteiger partial charge in [0.1, 0.15) is 0 Å². The summed E-state index contributed by atoms with van der Waals surface area (Å²) in [5.41, 5.74) is -1.06. The minimum atomic E-state index is -1.06. The highest BCUT2D eigenvalue weighted by atomic mass is 16.3. The van der Waals surface area contributed by atoms with Gasteiger partial charge in [0.05, 0.1) is 6.07 Å². The third-order valence-electron chi connectivity index (χ3n) is 1.46. The van der Waals surface area contributed by atoms with Gasteiger partial charge in [-0.3, -0.25) is 0 Å². The van der Waals surface area contributed by atoms with Crippen LogP contribution in [-0.4, -0.2) is 10.7 Å². The van der Waals surface area contributed by atoms with Gasteiger partial charge in [0.15, 0.2) is 5.60 Å². The molecule has 0 fully saturated rings. The third kappa shape index (κ3) is 2.48. The second-order valence-electron chi connectivity index (χ2n) is 2.25. The highest BCUT2D eigenvalue weighted by Gasteiger charge is 2.21. The van der Waals surface area contributed by atoms with Crippen molar-refractivity contribution in [2.24, 2.45) is 0 Å². The van der Waals surface area contributed by atoms with Crippen molar-refractivity contribution in [3.8, 4) is 6.07 Å². The molecule has 0 aliphatic rings. The lowest BCUT2D eigenvalue weighted by atomic mass is 9.97. The Labute approximate surface area is 56.1 Å². The van der Waals surface area contributed by atoms with E-state index in [-0.39, 0.29) is 0 Å². The molecule has 0 aliphatic carbocycles. The maximum absolute atomic E-state index is 9.27. The third-order valence-corrected chi connectivity index (χ3v) is 1.46. The number of aliphatic hydroxyl groups is 1. The Morgan fingerprint density at radius 1 is 1.56 bits per heavy atom. The van der Waals surface area contributed by atoms with Crippen LogP contribution in [0.15, 0.2) is 0 Å². The molecule has 0 saturated heterocycles. The summed E-state index contributed by atoms with van der Waals surface area (Å²) in [6.45, 7) is 3.77. The van der Waals surface area contributed by atoms with Gasteiger partial charge in [0.25, 0.3) is 0 Å². The van der Waals surface area contributed by atoms with E-state index >= 15 is 0 Å². The Bertz CT molecular complexity index is 117. The zero-order chi connectivity index (χ0) is 7.33. The van der Waals surface area contributed by atoms with Crippen LogP contribution in [0.5, 0.6) is 0 Å². The lowest BCUT2D eigenvalue weighted by molar-refractivity contribution is 0.0846. The average molecular weight is 127 g/mol. The van der Waals surface area contributed by atoms with E-state index in [1.807, 2.05) is 19.9 Å². The molecule has 1 N–H and O–H groups in total. The van der Waals surface area contributed by atoms with Crippen LogP contribution in [0, 0.1) is 11.3 Å². The predicted molar refractivity (Wildman–Crippen MR) is 35.8 cm³/mol. The number of hydrogen-bond acceptors (Lipinski definition) is 2. The molecule has 1 atom stereocenters. The van der Waals surface area contributed by atoms with Crippen molar-refractivity contribution in [3.63, 3.8) is 0 Å². The van der Waals surface area contributed by atoms with E-state index < -0.39 is 5.60 Å². The smallest absolute Gasteiger partial charge is 0.150 e. The molecule has 2 heteroatoms. The molecule has 0 aromatic carbocycles. The molecule has 0 aliphatic heterocycles. The molecule has 0 aromatic rings. The van der Waals surface area contributed by atoms with Gasteiger partial charge in [-0.15, -0.1) is 0 Å². The molecular weight excluding hydrogens is 114 g/mol. The van der Waals surface area contributed by atoms with Crippen LogP contribution in [0.25, 0.3) is 0 Å². The number of hydrogen-bond donors (Lipinski definition) is 1. The maximum atomic E-state index is 9.27. The van der Waals surface area contributed by atoms with Crippen LogP contribution in [0.4, 0.5) is 0 Å². The van der Waals surface area contributed by atoms with Crippen LogP contribution in [-0.2, 0) is 0 Å². The summed E-state index contributed by atoms with van der Waals surface area (Å²) < 4.78 is 0. The lowest BCUT2D eigenvalue weighted by Crippen LogP contribution is -2.24. The summed E-state index contributed by atoms with van der Waals surface area (Å²) in [5.74, 6) is 0. The molecular formula is C7H13NO. The van der Waals surface area contributed by atoms with Crippen LogP contribution >= 0.6 is 0 Å². The van der Waals surface area contributed by atoms with Gasteiger partial charge in [0, 0.05) is 0 Å². The normalized spacial score (nSPS) is 16.2. The van der Waals surface area contributed by atoms with Crippen LogP contribution < -0.4 is 0 Å². The highest BCUT2D eigenvalue weighted by molar-refractivity contribution is 4.98. The lowest BCUT2D eigenvalue weighted by Gasteiger charge is -2.15. The molecule has 1 unspecified atom stereocenters. The topological polar surface area (TPSA) is 44.0 Å². The van der Waals surface area contributed by atoms with Crippen molar-refractivity contribution in [2.75, 3.05) is 0 Å². The zero-order valence-electron chi connectivity index (χ0n) is 6.02. The van der Waals surface area contributed by atoms with E-state index in [9.17, 15) is 5.11 Å². The average Bonchev–Trinajstić information content (AvgIpc) is 1.89. The molecule has 0 rings (SSSR count).